The van der Waals surface area contributed by atoms with Crippen LogP contribution in [0.15, 0.2) is 34.9 Å². The van der Waals surface area contributed by atoms with Gasteiger partial charge in [0.2, 0.25) is 0 Å². The third-order valence-corrected chi connectivity index (χ3v) is 2.91. The Morgan fingerprint density at radius 1 is 1.33 bits per heavy atom. The predicted molar refractivity (Wildman–Crippen MR) is 65.8 cm³/mol. The van der Waals surface area contributed by atoms with Gasteiger partial charge in [0.25, 0.3) is 0 Å². The van der Waals surface area contributed by atoms with E-state index in [1.165, 1.54) is 18.4 Å². The van der Waals surface area contributed by atoms with Gasteiger partial charge in [-0.2, -0.15) is 13.2 Å². The van der Waals surface area contributed by atoms with Crippen LogP contribution in [-0.2, 0) is 6.18 Å². The van der Waals surface area contributed by atoms with E-state index >= 15 is 0 Å². The zero-order chi connectivity index (χ0) is 15.2. The Labute approximate surface area is 115 Å². The number of hydrogen-bond donors (Lipinski definition) is 2. The highest BCUT2D eigenvalue weighted by Gasteiger charge is 2.34. The first-order chi connectivity index (χ1) is 9.86. The van der Waals surface area contributed by atoms with Gasteiger partial charge in [0.15, 0.2) is 5.76 Å². The number of aromatic nitrogens is 2. The lowest BCUT2D eigenvalue weighted by atomic mass is 10.1. The number of nitrogens with one attached hydrogen (secondary N) is 1. The summed E-state index contributed by atoms with van der Waals surface area (Å²) in [6, 6.07) is 4.74. The summed E-state index contributed by atoms with van der Waals surface area (Å²) in [5.74, 6) is -1.20. The molecule has 0 fully saturated rings. The lowest BCUT2D eigenvalue weighted by molar-refractivity contribution is -0.136. The average molecular weight is 296 g/mol. The van der Waals surface area contributed by atoms with Crippen molar-refractivity contribution in [2.75, 3.05) is 0 Å². The lowest BCUT2D eigenvalue weighted by Crippen LogP contribution is -2.06. The van der Waals surface area contributed by atoms with Crippen molar-refractivity contribution in [1.29, 1.82) is 0 Å². The highest BCUT2D eigenvalue weighted by Crippen LogP contribution is 2.37. The number of nitrogens with zero attached hydrogens (tertiary/aromatic N) is 1. The fourth-order valence-corrected chi connectivity index (χ4v) is 2.00. The molecule has 0 aliphatic heterocycles. The second-order valence-electron chi connectivity index (χ2n) is 4.28. The summed E-state index contributed by atoms with van der Waals surface area (Å²) in [6.07, 6.45) is -3.33. The van der Waals surface area contributed by atoms with Crippen LogP contribution in [0.3, 0.4) is 0 Å². The van der Waals surface area contributed by atoms with Gasteiger partial charge in [-0.15, -0.1) is 0 Å². The van der Waals surface area contributed by atoms with Gasteiger partial charge in [-0.3, -0.25) is 0 Å². The molecule has 0 unspecified atom stereocenters. The Hall–Kier alpha value is -2.77. The minimum absolute atomic E-state index is 0.0291. The van der Waals surface area contributed by atoms with E-state index in [4.69, 9.17) is 9.52 Å². The third-order valence-electron chi connectivity index (χ3n) is 2.91. The van der Waals surface area contributed by atoms with Crippen LogP contribution in [0.4, 0.5) is 13.2 Å². The van der Waals surface area contributed by atoms with Crippen LogP contribution in [0.2, 0.25) is 0 Å². The first kappa shape index (κ1) is 13.2. The van der Waals surface area contributed by atoms with Crippen LogP contribution in [0.5, 0.6) is 0 Å². The van der Waals surface area contributed by atoms with Crippen molar-refractivity contribution < 1.29 is 27.5 Å². The van der Waals surface area contributed by atoms with Gasteiger partial charge < -0.3 is 14.5 Å². The van der Waals surface area contributed by atoms with Gasteiger partial charge in [0, 0.05) is 5.39 Å². The number of hydrogen-bond acceptors (Lipinski definition) is 3. The first-order valence-corrected chi connectivity index (χ1v) is 5.74. The largest absolute Gasteiger partial charge is 0.477 e. The molecule has 3 heterocycles. The molecule has 0 spiro atoms. The number of carbonyl (C=O) groups is 1. The molecule has 108 valence electrons. The lowest BCUT2D eigenvalue weighted by Gasteiger charge is -2.09. The molecular formula is C13H7F3N2O3. The fraction of sp³-hybridized carbons (Fsp3) is 0.0769. The molecule has 0 atom stereocenters. The van der Waals surface area contributed by atoms with Crippen molar-refractivity contribution in [3.05, 3.63) is 41.8 Å². The minimum atomic E-state index is -4.64. The van der Waals surface area contributed by atoms with Gasteiger partial charge in [0.1, 0.15) is 17.0 Å². The maximum atomic E-state index is 13.1. The molecule has 0 radical (unpaired) electrons. The molecule has 0 bridgehead atoms. The van der Waals surface area contributed by atoms with Crippen LogP contribution < -0.4 is 0 Å². The fourth-order valence-electron chi connectivity index (χ4n) is 2.00. The van der Waals surface area contributed by atoms with Crippen LogP contribution in [0.25, 0.3) is 22.5 Å². The van der Waals surface area contributed by atoms with E-state index in [2.05, 4.69) is 9.97 Å². The number of alkyl halides is 3. The molecule has 0 aliphatic carbocycles. The molecule has 5 nitrogen and oxygen atoms in total. The average Bonchev–Trinajstić information content (AvgIpc) is 3.05. The smallest absolute Gasteiger partial charge is 0.417 e. The van der Waals surface area contributed by atoms with E-state index in [0.29, 0.717) is 0 Å². The van der Waals surface area contributed by atoms with E-state index in [1.54, 1.807) is 0 Å². The van der Waals surface area contributed by atoms with Crippen molar-refractivity contribution in [3.63, 3.8) is 0 Å². The van der Waals surface area contributed by atoms with Crippen molar-refractivity contribution in [1.82, 2.24) is 9.97 Å². The number of H-pyrrole nitrogens is 1. The van der Waals surface area contributed by atoms with Crippen molar-refractivity contribution in [3.8, 4) is 11.5 Å². The number of fused-ring (bicyclic) bond motifs is 1. The van der Waals surface area contributed by atoms with Gasteiger partial charge in [-0.25, -0.2) is 9.78 Å². The first-order valence-electron chi connectivity index (χ1n) is 5.74. The number of carboxylic acids is 1. The van der Waals surface area contributed by atoms with E-state index in [-0.39, 0.29) is 28.2 Å². The zero-order valence-electron chi connectivity index (χ0n) is 10.2. The number of aromatic carboxylic acids is 1. The van der Waals surface area contributed by atoms with E-state index in [9.17, 15) is 18.0 Å². The summed E-state index contributed by atoms with van der Waals surface area (Å²) in [5.41, 5.74) is -1.52. The second kappa shape index (κ2) is 4.37. The van der Waals surface area contributed by atoms with Crippen molar-refractivity contribution >= 4 is 17.0 Å². The highest BCUT2D eigenvalue weighted by molar-refractivity contribution is 5.94. The summed E-state index contributed by atoms with van der Waals surface area (Å²) < 4.78 is 44.4. The number of rotatable bonds is 2. The van der Waals surface area contributed by atoms with E-state index < -0.39 is 17.7 Å². The van der Waals surface area contributed by atoms with Crippen molar-refractivity contribution in [2.24, 2.45) is 0 Å². The molecule has 21 heavy (non-hydrogen) atoms. The Balaban J connectivity index is 2.32. The van der Waals surface area contributed by atoms with Crippen LogP contribution in [0, 0.1) is 0 Å². The summed E-state index contributed by atoms with van der Waals surface area (Å²) >= 11 is 0. The van der Waals surface area contributed by atoms with Gasteiger partial charge >= 0.3 is 12.1 Å². The number of carboxylic acid groups (broad SMARTS) is 1. The van der Waals surface area contributed by atoms with E-state index in [1.807, 2.05) is 0 Å². The highest BCUT2D eigenvalue weighted by atomic mass is 19.4. The maximum absolute atomic E-state index is 13.1. The topological polar surface area (TPSA) is 79.1 Å². The summed E-state index contributed by atoms with van der Waals surface area (Å²) in [7, 11) is 0. The molecule has 3 aromatic rings. The second-order valence-corrected chi connectivity index (χ2v) is 4.28. The Morgan fingerprint density at radius 3 is 2.67 bits per heavy atom. The predicted octanol–water partition coefficient (Wildman–Crippen LogP) is 3.54. The van der Waals surface area contributed by atoms with Gasteiger partial charge in [0.05, 0.1) is 11.8 Å². The van der Waals surface area contributed by atoms with E-state index in [0.717, 1.165) is 12.1 Å². The van der Waals surface area contributed by atoms with Gasteiger partial charge in [-0.1, -0.05) is 0 Å². The Bertz CT molecular complexity index is 819. The quantitative estimate of drug-likeness (QED) is 0.758. The van der Waals surface area contributed by atoms with Crippen LogP contribution in [-0.4, -0.2) is 21.0 Å². The number of aromatic amines is 1. The maximum Gasteiger partial charge on any atom is 0.417 e. The molecule has 8 heteroatoms. The number of pyridine rings is 1. The van der Waals surface area contributed by atoms with Crippen molar-refractivity contribution in [2.45, 2.75) is 6.18 Å². The Kier molecular flexibility index (Phi) is 2.75. The summed E-state index contributed by atoms with van der Waals surface area (Å²) in [4.78, 5) is 17.2. The van der Waals surface area contributed by atoms with Crippen LogP contribution >= 0.6 is 0 Å². The summed E-state index contributed by atoms with van der Waals surface area (Å²) in [6.45, 7) is 0. The molecule has 3 rings (SSSR count). The third kappa shape index (κ3) is 2.24. The molecule has 0 aromatic carbocycles. The number of furan rings is 1. The molecular weight excluding hydrogens is 289 g/mol. The molecule has 2 N–H and O–H groups in total. The molecule has 0 aliphatic rings. The molecule has 3 aromatic heterocycles. The molecule has 0 saturated carbocycles. The summed E-state index contributed by atoms with van der Waals surface area (Å²) in [5, 5.41) is 8.58. The molecule has 0 amide bonds. The molecule has 0 saturated heterocycles. The van der Waals surface area contributed by atoms with Crippen LogP contribution in [0.1, 0.15) is 16.1 Å². The zero-order valence-corrected chi connectivity index (χ0v) is 10.2. The Morgan fingerprint density at radius 2 is 2.10 bits per heavy atom. The minimum Gasteiger partial charge on any atom is -0.477 e. The van der Waals surface area contributed by atoms with Gasteiger partial charge in [-0.05, 0) is 24.3 Å². The monoisotopic (exact) mass is 296 g/mol. The number of halogens is 3. The normalized spacial score (nSPS) is 12.0. The SMILES string of the molecule is O=C(O)c1cc2c(C(F)(F)F)cc(-c3ccco3)nc2[nH]1. The standard InChI is InChI=1S/C13H7F3N2O3/c14-13(15,16)7-5-8(10-2-1-3-21-10)17-11-6(7)4-9(18-11)12(19)20/h1-5H,(H,17,18)(H,19,20).